The highest BCUT2D eigenvalue weighted by molar-refractivity contribution is 7.99. The van der Waals surface area contributed by atoms with E-state index in [1.54, 1.807) is 13.4 Å². The molecule has 0 aliphatic heterocycles. The Kier molecular flexibility index (Phi) is 6.48. The molecule has 6 nitrogen and oxygen atoms in total. The predicted octanol–water partition coefficient (Wildman–Crippen LogP) is 2.32. The number of carbonyl (C=O) groups excluding carboxylic acids is 1. The van der Waals surface area contributed by atoms with Gasteiger partial charge in [-0.15, -0.1) is 10.2 Å². The Labute approximate surface area is 136 Å². The molecule has 0 spiro atoms. The molecule has 23 heavy (non-hydrogen) atoms. The third-order valence-corrected chi connectivity index (χ3v) is 3.85. The summed E-state index contributed by atoms with van der Waals surface area (Å²) in [4.78, 5) is 11.8. The minimum atomic E-state index is -0.814. The molecule has 0 atom stereocenters. The van der Waals surface area contributed by atoms with Gasteiger partial charge in [-0.25, -0.2) is 8.78 Å². The lowest BCUT2D eigenvalue weighted by molar-refractivity contribution is -0.113. The van der Waals surface area contributed by atoms with E-state index >= 15 is 0 Å². The molecule has 0 bridgehead atoms. The highest BCUT2D eigenvalue weighted by Crippen LogP contribution is 2.18. The van der Waals surface area contributed by atoms with Gasteiger partial charge in [0.15, 0.2) is 5.16 Å². The van der Waals surface area contributed by atoms with Gasteiger partial charge in [0.1, 0.15) is 18.0 Å². The first kappa shape index (κ1) is 17.4. The molecule has 0 unspecified atom stereocenters. The normalized spacial score (nSPS) is 10.7. The van der Waals surface area contributed by atoms with Crippen LogP contribution in [0.2, 0.25) is 0 Å². The molecule has 1 heterocycles. The molecule has 0 saturated heterocycles. The Hall–Kier alpha value is -2.00. The molecule has 2 aromatic rings. The van der Waals surface area contributed by atoms with E-state index in [1.165, 1.54) is 17.8 Å². The molecular weight excluding hydrogens is 326 g/mol. The third kappa shape index (κ3) is 5.29. The summed E-state index contributed by atoms with van der Waals surface area (Å²) < 4.78 is 33.1. The van der Waals surface area contributed by atoms with Gasteiger partial charge in [-0.2, -0.15) is 0 Å². The first-order chi connectivity index (χ1) is 11.1. The van der Waals surface area contributed by atoms with Crippen molar-refractivity contribution >= 4 is 23.4 Å². The van der Waals surface area contributed by atoms with Crippen LogP contribution in [0.4, 0.5) is 14.5 Å². The second-order valence-corrected chi connectivity index (χ2v) is 5.56. The molecule has 1 N–H and O–H groups in total. The number of benzene rings is 1. The molecule has 1 amide bonds. The molecule has 0 aliphatic rings. The molecule has 0 radical (unpaired) electrons. The molecule has 1 aromatic carbocycles. The quantitative estimate of drug-likeness (QED) is 0.589. The Bertz CT molecular complexity index is 666. The zero-order chi connectivity index (χ0) is 16.7. The number of rotatable bonds is 8. The third-order valence-electron chi connectivity index (χ3n) is 2.87. The summed E-state index contributed by atoms with van der Waals surface area (Å²) in [6.45, 7) is 1.30. The molecule has 2 rings (SSSR count). The maximum absolute atomic E-state index is 13.5. The highest BCUT2D eigenvalue weighted by atomic mass is 32.2. The number of aromatic nitrogens is 3. The first-order valence-corrected chi connectivity index (χ1v) is 7.83. The fourth-order valence-corrected chi connectivity index (χ4v) is 2.54. The largest absolute Gasteiger partial charge is 0.385 e. The van der Waals surface area contributed by atoms with E-state index in [2.05, 4.69) is 15.5 Å². The number of nitrogens with zero attached hydrogens (tertiary/aromatic N) is 3. The van der Waals surface area contributed by atoms with Gasteiger partial charge in [-0.05, 0) is 18.6 Å². The number of amides is 1. The highest BCUT2D eigenvalue weighted by Gasteiger charge is 2.11. The van der Waals surface area contributed by atoms with Crippen LogP contribution in [-0.4, -0.2) is 40.1 Å². The van der Waals surface area contributed by atoms with Gasteiger partial charge in [-0.3, -0.25) is 4.79 Å². The van der Waals surface area contributed by atoms with E-state index in [0.717, 1.165) is 18.6 Å². The van der Waals surface area contributed by atoms with E-state index in [1.807, 2.05) is 4.57 Å². The molecular formula is C14H16F2N4O2S. The number of nitrogens with one attached hydrogen (secondary N) is 1. The lowest BCUT2D eigenvalue weighted by Gasteiger charge is -2.07. The van der Waals surface area contributed by atoms with Gasteiger partial charge < -0.3 is 14.6 Å². The van der Waals surface area contributed by atoms with Gasteiger partial charge in [0.2, 0.25) is 5.91 Å². The van der Waals surface area contributed by atoms with Crippen molar-refractivity contribution in [2.24, 2.45) is 0 Å². The maximum atomic E-state index is 13.5. The van der Waals surface area contributed by atoms with Crippen LogP contribution in [0.5, 0.6) is 0 Å². The maximum Gasteiger partial charge on any atom is 0.234 e. The molecule has 124 valence electrons. The van der Waals surface area contributed by atoms with E-state index in [0.29, 0.717) is 18.3 Å². The van der Waals surface area contributed by atoms with Crippen molar-refractivity contribution in [1.29, 1.82) is 0 Å². The summed E-state index contributed by atoms with van der Waals surface area (Å²) in [5, 5.41) is 10.7. The standard InChI is InChI=1S/C14H16F2N4O2S/c1-22-6-2-5-20-9-17-19-14(20)23-8-13(21)18-12-4-3-10(15)7-11(12)16/h3-4,7,9H,2,5-6,8H2,1H3,(H,18,21). The second-order valence-electron chi connectivity index (χ2n) is 4.61. The number of aryl methyl sites for hydroxylation is 1. The van der Waals surface area contributed by atoms with Crippen molar-refractivity contribution in [2.45, 2.75) is 18.1 Å². The molecule has 9 heteroatoms. The predicted molar refractivity (Wildman–Crippen MR) is 82.2 cm³/mol. The SMILES string of the molecule is COCCCn1cnnc1SCC(=O)Nc1ccc(F)cc1F. The summed E-state index contributed by atoms with van der Waals surface area (Å²) in [5.41, 5.74) is -0.0569. The summed E-state index contributed by atoms with van der Waals surface area (Å²) >= 11 is 1.19. The van der Waals surface area contributed by atoms with Crippen LogP contribution in [0.1, 0.15) is 6.42 Å². The molecule has 0 fully saturated rings. The zero-order valence-corrected chi connectivity index (χ0v) is 13.3. The minimum absolute atomic E-state index is 0.0415. The van der Waals surface area contributed by atoms with E-state index in [9.17, 15) is 13.6 Å². The minimum Gasteiger partial charge on any atom is -0.385 e. The van der Waals surface area contributed by atoms with Crippen LogP contribution >= 0.6 is 11.8 Å². The van der Waals surface area contributed by atoms with E-state index in [-0.39, 0.29) is 11.4 Å². The summed E-state index contributed by atoms with van der Waals surface area (Å²) in [7, 11) is 1.63. The van der Waals surface area contributed by atoms with Gasteiger partial charge >= 0.3 is 0 Å². The van der Waals surface area contributed by atoms with Crippen LogP contribution in [0, 0.1) is 11.6 Å². The number of methoxy groups -OCH3 is 1. The lowest BCUT2D eigenvalue weighted by Crippen LogP contribution is -2.15. The van der Waals surface area contributed by atoms with E-state index in [4.69, 9.17) is 4.74 Å². The molecule has 1 aromatic heterocycles. The van der Waals surface area contributed by atoms with Gasteiger partial charge in [0, 0.05) is 26.3 Å². The number of hydrogen-bond acceptors (Lipinski definition) is 5. The van der Waals surface area contributed by atoms with Gasteiger partial charge in [0.25, 0.3) is 0 Å². The first-order valence-electron chi connectivity index (χ1n) is 6.84. The number of carbonyl (C=O) groups is 1. The van der Waals surface area contributed by atoms with Crippen molar-refractivity contribution in [3.8, 4) is 0 Å². The van der Waals surface area contributed by atoms with Crippen molar-refractivity contribution in [3.63, 3.8) is 0 Å². The lowest BCUT2D eigenvalue weighted by atomic mass is 10.3. The summed E-state index contributed by atoms with van der Waals surface area (Å²) in [6.07, 6.45) is 2.38. The van der Waals surface area contributed by atoms with Crippen molar-refractivity contribution in [2.75, 3.05) is 24.8 Å². The molecule has 0 aliphatic carbocycles. The van der Waals surface area contributed by atoms with Crippen LogP contribution in [0.25, 0.3) is 0 Å². The second kappa shape index (κ2) is 8.59. The van der Waals surface area contributed by atoms with Crippen LogP contribution in [0.3, 0.4) is 0 Å². The Morgan fingerprint density at radius 3 is 3.00 bits per heavy atom. The number of halogens is 2. The van der Waals surface area contributed by atoms with Gasteiger partial charge in [-0.1, -0.05) is 11.8 Å². The van der Waals surface area contributed by atoms with Crippen LogP contribution in [-0.2, 0) is 16.1 Å². The fraction of sp³-hybridized carbons (Fsp3) is 0.357. The van der Waals surface area contributed by atoms with Crippen LogP contribution < -0.4 is 5.32 Å². The van der Waals surface area contributed by atoms with Crippen molar-refractivity contribution in [3.05, 3.63) is 36.2 Å². The summed E-state index contributed by atoms with van der Waals surface area (Å²) in [5.74, 6) is -1.88. The topological polar surface area (TPSA) is 69.0 Å². The summed E-state index contributed by atoms with van der Waals surface area (Å²) in [6, 6.07) is 2.98. The monoisotopic (exact) mass is 342 g/mol. The Morgan fingerprint density at radius 2 is 2.26 bits per heavy atom. The number of anilines is 1. The fourth-order valence-electron chi connectivity index (χ4n) is 1.80. The number of thioether (sulfide) groups is 1. The van der Waals surface area contributed by atoms with Crippen molar-refractivity contribution < 1.29 is 18.3 Å². The van der Waals surface area contributed by atoms with Gasteiger partial charge in [0.05, 0.1) is 11.4 Å². The molecule has 0 saturated carbocycles. The Balaban J connectivity index is 1.86. The average molecular weight is 342 g/mol. The zero-order valence-electron chi connectivity index (χ0n) is 12.5. The Morgan fingerprint density at radius 1 is 1.43 bits per heavy atom. The number of hydrogen-bond donors (Lipinski definition) is 1. The smallest absolute Gasteiger partial charge is 0.234 e. The van der Waals surface area contributed by atoms with Crippen LogP contribution in [0.15, 0.2) is 29.7 Å². The van der Waals surface area contributed by atoms with E-state index < -0.39 is 17.5 Å². The van der Waals surface area contributed by atoms with Crippen molar-refractivity contribution in [1.82, 2.24) is 14.8 Å². The number of ether oxygens (including phenoxy) is 1. The average Bonchev–Trinajstić information content (AvgIpc) is 2.96.